The fourth-order valence-corrected chi connectivity index (χ4v) is 11.2. The number of hydrogen-bond acceptors (Lipinski definition) is 1. The lowest BCUT2D eigenvalue weighted by molar-refractivity contribution is -0.0399. The summed E-state index contributed by atoms with van der Waals surface area (Å²) in [5.74, 6) is 2.73. The zero-order valence-electron chi connectivity index (χ0n) is 34.6. The van der Waals surface area contributed by atoms with Crippen LogP contribution in [-0.2, 0) is 5.41 Å². The van der Waals surface area contributed by atoms with Crippen LogP contribution in [0.25, 0.3) is 44.5 Å². The molecule has 7 aromatic rings. The largest absolute Gasteiger partial charge is 0.310 e. The van der Waals surface area contributed by atoms with E-state index in [0.717, 1.165) is 45.6 Å². The van der Waals surface area contributed by atoms with Gasteiger partial charge in [-0.3, -0.25) is 0 Å². The highest BCUT2D eigenvalue weighted by Crippen LogP contribution is 2.69. The van der Waals surface area contributed by atoms with E-state index in [9.17, 15) is 0 Å². The lowest BCUT2D eigenvalue weighted by atomic mass is 9.43. The van der Waals surface area contributed by atoms with E-state index in [1.54, 1.807) is 0 Å². The highest BCUT2D eigenvalue weighted by Gasteiger charge is 2.61. The Morgan fingerprint density at radius 3 is 1.42 bits per heavy atom. The highest BCUT2D eigenvalue weighted by molar-refractivity contribution is 5.90. The minimum Gasteiger partial charge on any atom is -0.310 e. The predicted octanol–water partition coefficient (Wildman–Crippen LogP) is 13.9. The van der Waals surface area contributed by atoms with Crippen molar-refractivity contribution in [2.45, 2.75) is 37.5 Å². The van der Waals surface area contributed by atoms with E-state index in [4.69, 9.17) is 6.85 Å². The van der Waals surface area contributed by atoms with Gasteiger partial charge >= 0.3 is 0 Å². The molecule has 4 fully saturated rings. The Labute approximate surface area is 320 Å². The van der Waals surface area contributed by atoms with Gasteiger partial charge in [-0.25, -0.2) is 0 Å². The SMILES string of the molecule is [2H]c1c([2H])c([2H])c(-c2ccc3c(c2)-c2cc(N(c4ccc(-c5ccccc5)cc4)c4ccc(-c5ccccc5)cc4)ccc2C32C3CC4CC(C3)CC2C4)c([2H])c1[2H]. The van der Waals surface area contributed by atoms with Gasteiger partial charge in [0.2, 0.25) is 0 Å². The van der Waals surface area contributed by atoms with Crippen molar-refractivity contribution >= 4 is 17.1 Å². The van der Waals surface area contributed by atoms with Gasteiger partial charge in [0.05, 0.1) is 6.85 Å². The molecule has 4 bridgehead atoms. The van der Waals surface area contributed by atoms with E-state index < -0.39 is 0 Å². The second-order valence-electron chi connectivity index (χ2n) is 15.8. The Balaban J connectivity index is 1.10. The molecule has 5 aliphatic rings. The Hall–Kier alpha value is -5.66. The van der Waals surface area contributed by atoms with Gasteiger partial charge in [-0.15, -0.1) is 0 Å². The van der Waals surface area contributed by atoms with Gasteiger partial charge in [0.25, 0.3) is 0 Å². The average Bonchev–Trinajstić information content (AvgIpc) is 3.54. The molecule has 0 aliphatic heterocycles. The van der Waals surface area contributed by atoms with E-state index in [1.165, 1.54) is 59.9 Å². The predicted molar refractivity (Wildman–Crippen MR) is 221 cm³/mol. The molecule has 0 amide bonds. The summed E-state index contributed by atoms with van der Waals surface area (Å²) < 4.78 is 42.9. The lowest BCUT2D eigenvalue weighted by Gasteiger charge is -2.61. The Morgan fingerprint density at radius 2 is 0.868 bits per heavy atom. The molecule has 1 spiro atoms. The van der Waals surface area contributed by atoms with Crippen molar-refractivity contribution in [3.05, 3.63) is 187 Å². The van der Waals surface area contributed by atoms with Crippen LogP contribution in [0.1, 0.15) is 50.1 Å². The van der Waals surface area contributed by atoms with Crippen molar-refractivity contribution in [3.63, 3.8) is 0 Å². The third-order valence-electron chi connectivity index (χ3n) is 13.1. The van der Waals surface area contributed by atoms with Crippen molar-refractivity contribution in [2.75, 3.05) is 4.90 Å². The van der Waals surface area contributed by atoms with Crippen LogP contribution in [-0.4, -0.2) is 0 Å². The summed E-state index contributed by atoms with van der Waals surface area (Å²) in [6.07, 6.45) is 6.40. The molecule has 0 heterocycles. The van der Waals surface area contributed by atoms with Crippen LogP contribution in [0.3, 0.4) is 0 Å². The van der Waals surface area contributed by atoms with Crippen molar-refractivity contribution in [1.29, 1.82) is 0 Å². The number of anilines is 3. The van der Waals surface area contributed by atoms with Crippen LogP contribution in [0, 0.1) is 23.7 Å². The lowest BCUT2D eigenvalue weighted by Crippen LogP contribution is -2.55. The monoisotopic (exact) mass is 686 g/mol. The van der Waals surface area contributed by atoms with Gasteiger partial charge in [-0.2, -0.15) is 0 Å². The molecule has 0 unspecified atom stereocenters. The number of fused-ring (bicyclic) bond motifs is 3. The van der Waals surface area contributed by atoms with Crippen LogP contribution in [0.4, 0.5) is 17.1 Å². The minimum atomic E-state index is -0.365. The molecule has 1 heteroatoms. The first-order chi connectivity index (χ1) is 28.3. The molecule has 0 atom stereocenters. The number of benzene rings is 7. The first-order valence-electron chi connectivity index (χ1n) is 21.8. The van der Waals surface area contributed by atoms with Crippen molar-refractivity contribution in [1.82, 2.24) is 0 Å². The number of nitrogens with zero attached hydrogens (tertiary/aromatic N) is 1. The van der Waals surface area contributed by atoms with E-state index >= 15 is 0 Å². The summed E-state index contributed by atoms with van der Waals surface area (Å²) in [5, 5.41) is 0. The summed E-state index contributed by atoms with van der Waals surface area (Å²) in [6, 6.07) is 50.9. The standard InChI is InChI=1S/C52H43N/c1-4-10-37(11-5-1)40-16-21-45(22-17-40)53(46-23-18-41(19-24-46)38-12-6-2-7-13-38)47-25-27-51-49(34-47)48-33-42(39-14-8-3-9-15-39)20-26-50(48)52(51)43-29-35-28-36(31-43)32-44(52)30-35/h1-27,33-36,43-44H,28-32H2/i3D,8D,9D,14D,15D. The van der Waals surface area contributed by atoms with Crippen LogP contribution in [0.2, 0.25) is 0 Å². The molecule has 0 saturated heterocycles. The van der Waals surface area contributed by atoms with Crippen LogP contribution in [0.5, 0.6) is 0 Å². The Morgan fingerprint density at radius 1 is 0.415 bits per heavy atom. The number of hydrogen-bond donors (Lipinski definition) is 0. The molecule has 12 rings (SSSR count). The first-order valence-corrected chi connectivity index (χ1v) is 19.3. The molecule has 0 N–H and O–H groups in total. The van der Waals surface area contributed by atoms with Gasteiger partial charge < -0.3 is 4.90 Å². The van der Waals surface area contributed by atoms with E-state index in [-0.39, 0.29) is 41.2 Å². The molecule has 1 nitrogen and oxygen atoms in total. The van der Waals surface area contributed by atoms with Crippen LogP contribution in [0.15, 0.2) is 176 Å². The van der Waals surface area contributed by atoms with Gasteiger partial charge in [0.15, 0.2) is 0 Å². The van der Waals surface area contributed by atoms with E-state index in [1.807, 2.05) is 18.2 Å². The van der Waals surface area contributed by atoms with Gasteiger partial charge in [-0.1, -0.05) is 133 Å². The van der Waals surface area contributed by atoms with Crippen molar-refractivity contribution in [3.8, 4) is 44.5 Å². The average molecular weight is 687 g/mol. The molecule has 53 heavy (non-hydrogen) atoms. The summed E-state index contributed by atoms with van der Waals surface area (Å²) in [5.41, 5.74) is 13.8. The summed E-state index contributed by atoms with van der Waals surface area (Å²) >= 11 is 0. The molecule has 7 aromatic carbocycles. The maximum absolute atomic E-state index is 8.88. The highest BCUT2D eigenvalue weighted by atomic mass is 15.1. The Bertz CT molecular complexity index is 2590. The second-order valence-corrected chi connectivity index (χ2v) is 15.8. The van der Waals surface area contributed by atoms with Gasteiger partial charge in [0, 0.05) is 22.5 Å². The summed E-state index contributed by atoms with van der Waals surface area (Å²) in [4.78, 5) is 2.35. The zero-order chi connectivity index (χ0) is 39.3. The van der Waals surface area contributed by atoms with Gasteiger partial charge in [0.1, 0.15) is 0 Å². The maximum Gasteiger partial charge on any atom is 0.0629 e. The molecule has 256 valence electrons. The molecular formula is C52H43N. The first kappa shape index (κ1) is 26.2. The summed E-state index contributed by atoms with van der Waals surface area (Å²) in [7, 11) is 0. The van der Waals surface area contributed by atoms with E-state index in [2.05, 4.69) is 132 Å². The molecule has 0 aromatic heterocycles. The summed E-state index contributed by atoms with van der Waals surface area (Å²) in [6.45, 7) is 0. The van der Waals surface area contributed by atoms with Crippen LogP contribution >= 0.6 is 0 Å². The van der Waals surface area contributed by atoms with Crippen molar-refractivity contribution in [2.24, 2.45) is 23.7 Å². The molecule has 0 radical (unpaired) electrons. The minimum absolute atomic E-state index is 0.0889. The number of rotatable bonds is 6. The Kier molecular flexibility index (Phi) is 6.02. The van der Waals surface area contributed by atoms with Gasteiger partial charge in [-0.05, 0) is 154 Å². The normalized spacial score (nSPS) is 24.5. The fraction of sp³-hybridized carbons (Fsp3) is 0.192. The molecular weight excluding hydrogens is 639 g/mol. The smallest absolute Gasteiger partial charge is 0.0629 e. The van der Waals surface area contributed by atoms with Crippen molar-refractivity contribution < 1.29 is 6.85 Å². The molecule has 4 saturated carbocycles. The third kappa shape index (κ3) is 4.90. The van der Waals surface area contributed by atoms with Crippen LogP contribution < -0.4 is 4.90 Å². The third-order valence-corrected chi connectivity index (χ3v) is 13.1. The maximum atomic E-state index is 8.88. The zero-order valence-corrected chi connectivity index (χ0v) is 29.6. The second kappa shape index (κ2) is 12.2. The van der Waals surface area contributed by atoms with E-state index in [0.29, 0.717) is 17.4 Å². The molecule has 5 aliphatic carbocycles. The topological polar surface area (TPSA) is 3.24 Å². The quantitative estimate of drug-likeness (QED) is 0.168. The fourth-order valence-electron chi connectivity index (χ4n) is 11.2.